The van der Waals surface area contributed by atoms with Gasteiger partial charge in [0.1, 0.15) is 0 Å². The molecule has 0 bridgehead atoms. The molecule has 1 aliphatic heterocycles. The minimum absolute atomic E-state index is 0.173. The molecule has 2 unspecified atom stereocenters. The van der Waals surface area contributed by atoms with E-state index < -0.39 is 0 Å². The van der Waals surface area contributed by atoms with Gasteiger partial charge in [0.2, 0.25) is 5.91 Å². The molecule has 0 saturated carbocycles. The second-order valence-electron chi connectivity index (χ2n) is 5.51. The third-order valence-electron chi connectivity index (χ3n) is 3.69. The maximum Gasteiger partial charge on any atom is 0.243 e. The number of nitrogens with zero attached hydrogens (tertiary/aromatic N) is 2. The number of carbonyl (C=O) groups excluding carboxylic acids is 1. The van der Waals surface area contributed by atoms with E-state index in [1.54, 1.807) is 0 Å². The quantitative estimate of drug-likeness (QED) is 0.712. The average molecular weight is 241 g/mol. The Bertz CT molecular complexity index is 267. The Morgan fingerprint density at radius 1 is 1.41 bits per heavy atom. The fourth-order valence-electron chi connectivity index (χ4n) is 2.35. The molecule has 0 spiro atoms. The Kier molecular flexibility index (Phi) is 4.95. The Hall–Kier alpha value is -0.610. The molecule has 0 radical (unpaired) electrons. The van der Waals surface area contributed by atoms with Crippen molar-refractivity contribution in [3.8, 4) is 0 Å². The van der Waals surface area contributed by atoms with E-state index >= 15 is 0 Å². The van der Waals surface area contributed by atoms with E-state index in [1.165, 1.54) is 0 Å². The molecule has 1 saturated heterocycles. The van der Waals surface area contributed by atoms with Crippen molar-refractivity contribution in [1.82, 2.24) is 15.1 Å². The number of amides is 1. The second kappa shape index (κ2) is 5.83. The van der Waals surface area contributed by atoms with E-state index in [9.17, 15) is 4.79 Å². The zero-order valence-corrected chi connectivity index (χ0v) is 11.9. The van der Waals surface area contributed by atoms with Crippen LogP contribution in [0.25, 0.3) is 0 Å². The summed E-state index contributed by atoms with van der Waals surface area (Å²) in [5.41, 5.74) is -0.346. The second-order valence-corrected chi connectivity index (χ2v) is 5.51. The summed E-state index contributed by atoms with van der Waals surface area (Å²) in [7, 11) is 4.17. The van der Waals surface area contributed by atoms with Crippen LogP contribution in [0.15, 0.2) is 0 Å². The third kappa shape index (κ3) is 3.42. The number of unbranched alkanes of at least 4 members (excludes halogenated alkanes) is 1. The lowest BCUT2D eigenvalue weighted by Crippen LogP contribution is -2.43. The normalized spacial score (nSPS) is 29.4. The molecule has 1 rings (SSSR count). The van der Waals surface area contributed by atoms with E-state index in [2.05, 4.69) is 38.2 Å². The summed E-state index contributed by atoms with van der Waals surface area (Å²) in [6.45, 7) is 8.11. The van der Waals surface area contributed by atoms with Gasteiger partial charge in [0.25, 0.3) is 0 Å². The topological polar surface area (TPSA) is 35.6 Å². The molecule has 2 atom stereocenters. The fourth-order valence-corrected chi connectivity index (χ4v) is 2.35. The first-order chi connectivity index (χ1) is 7.90. The molecule has 1 amide bonds. The lowest BCUT2D eigenvalue weighted by Gasteiger charge is -2.22. The molecule has 1 N–H and O–H groups in total. The van der Waals surface area contributed by atoms with Gasteiger partial charge in [-0.05, 0) is 53.8 Å². The minimum Gasteiger partial charge on any atom is -0.326 e. The van der Waals surface area contributed by atoms with Crippen LogP contribution in [0.3, 0.4) is 0 Å². The van der Waals surface area contributed by atoms with Crippen molar-refractivity contribution in [3.63, 3.8) is 0 Å². The maximum atomic E-state index is 12.2. The highest BCUT2D eigenvalue weighted by Crippen LogP contribution is 2.23. The highest BCUT2D eigenvalue weighted by atomic mass is 16.2. The van der Waals surface area contributed by atoms with Gasteiger partial charge in [-0.1, -0.05) is 6.92 Å². The highest BCUT2D eigenvalue weighted by molar-refractivity contribution is 5.88. The summed E-state index contributed by atoms with van der Waals surface area (Å²) < 4.78 is 0. The van der Waals surface area contributed by atoms with Crippen LogP contribution in [0.5, 0.6) is 0 Å². The number of rotatable bonds is 6. The lowest BCUT2D eigenvalue weighted by molar-refractivity contribution is -0.132. The molecular weight excluding hydrogens is 214 g/mol. The standard InChI is InChI=1S/C13H27N3O/c1-6-13(3)12(17)16(11(2)14-13)10-8-7-9-15(4)5/h11,14H,6-10H2,1-5H3. The van der Waals surface area contributed by atoms with Crippen molar-refractivity contribution in [3.05, 3.63) is 0 Å². The molecule has 1 heterocycles. The van der Waals surface area contributed by atoms with Crippen LogP contribution >= 0.6 is 0 Å². The number of hydrogen-bond donors (Lipinski definition) is 1. The van der Waals surface area contributed by atoms with Crippen molar-refractivity contribution >= 4 is 5.91 Å². The molecule has 1 fully saturated rings. The van der Waals surface area contributed by atoms with E-state index in [0.717, 1.165) is 32.4 Å². The SMILES string of the molecule is CCC1(C)NC(C)N(CCCCN(C)C)C1=O. The Labute approximate surface area is 105 Å². The predicted octanol–water partition coefficient (Wildman–Crippen LogP) is 1.27. The van der Waals surface area contributed by atoms with Crippen molar-refractivity contribution in [1.29, 1.82) is 0 Å². The van der Waals surface area contributed by atoms with Gasteiger partial charge in [0.05, 0.1) is 11.7 Å². The van der Waals surface area contributed by atoms with Crippen LogP contribution in [0.2, 0.25) is 0 Å². The van der Waals surface area contributed by atoms with E-state index in [-0.39, 0.29) is 17.6 Å². The van der Waals surface area contributed by atoms with Crippen LogP contribution in [-0.2, 0) is 4.79 Å². The summed E-state index contributed by atoms with van der Waals surface area (Å²) in [6, 6.07) is 0. The largest absolute Gasteiger partial charge is 0.326 e. The van der Waals surface area contributed by atoms with E-state index in [4.69, 9.17) is 0 Å². The predicted molar refractivity (Wildman–Crippen MR) is 70.8 cm³/mol. The first-order valence-corrected chi connectivity index (χ1v) is 6.64. The summed E-state index contributed by atoms with van der Waals surface area (Å²) in [6.07, 6.45) is 3.25. The van der Waals surface area contributed by atoms with Gasteiger partial charge in [0.15, 0.2) is 0 Å². The number of nitrogens with one attached hydrogen (secondary N) is 1. The van der Waals surface area contributed by atoms with Gasteiger partial charge in [-0.25, -0.2) is 0 Å². The number of carbonyl (C=O) groups is 1. The van der Waals surface area contributed by atoms with Crippen molar-refractivity contribution < 1.29 is 4.79 Å². The Morgan fingerprint density at radius 3 is 2.53 bits per heavy atom. The summed E-state index contributed by atoms with van der Waals surface area (Å²) in [5, 5.41) is 3.40. The molecule has 4 nitrogen and oxygen atoms in total. The Morgan fingerprint density at radius 2 is 2.06 bits per heavy atom. The lowest BCUT2D eigenvalue weighted by atomic mass is 9.99. The molecule has 17 heavy (non-hydrogen) atoms. The average Bonchev–Trinajstić information content (AvgIpc) is 2.47. The molecule has 0 aliphatic carbocycles. The molecule has 1 aliphatic rings. The van der Waals surface area contributed by atoms with E-state index in [1.807, 2.05) is 11.8 Å². The van der Waals surface area contributed by atoms with Crippen LogP contribution in [0.1, 0.15) is 40.0 Å². The number of hydrogen-bond acceptors (Lipinski definition) is 3. The fraction of sp³-hybridized carbons (Fsp3) is 0.923. The van der Waals surface area contributed by atoms with Gasteiger partial charge >= 0.3 is 0 Å². The summed E-state index contributed by atoms with van der Waals surface area (Å²) in [5.74, 6) is 0.261. The summed E-state index contributed by atoms with van der Waals surface area (Å²) in [4.78, 5) is 16.4. The highest BCUT2D eigenvalue weighted by Gasteiger charge is 2.44. The molecule has 0 aromatic carbocycles. The van der Waals surface area contributed by atoms with Crippen molar-refractivity contribution in [2.45, 2.75) is 51.7 Å². The van der Waals surface area contributed by atoms with Gasteiger partial charge < -0.3 is 9.80 Å². The van der Waals surface area contributed by atoms with Crippen LogP contribution < -0.4 is 5.32 Å². The molecular formula is C13H27N3O. The third-order valence-corrected chi connectivity index (χ3v) is 3.69. The first-order valence-electron chi connectivity index (χ1n) is 6.64. The smallest absolute Gasteiger partial charge is 0.243 e. The molecule has 0 aromatic rings. The minimum atomic E-state index is -0.346. The van der Waals surface area contributed by atoms with Crippen LogP contribution in [-0.4, -0.2) is 54.6 Å². The zero-order chi connectivity index (χ0) is 13.1. The van der Waals surface area contributed by atoms with Crippen LogP contribution in [0.4, 0.5) is 0 Å². The van der Waals surface area contributed by atoms with Crippen molar-refractivity contribution in [2.24, 2.45) is 0 Å². The zero-order valence-electron chi connectivity index (χ0n) is 11.9. The van der Waals surface area contributed by atoms with Crippen molar-refractivity contribution in [2.75, 3.05) is 27.2 Å². The van der Waals surface area contributed by atoms with Gasteiger partial charge in [-0.15, -0.1) is 0 Å². The van der Waals surface area contributed by atoms with Gasteiger partial charge in [0, 0.05) is 6.54 Å². The molecule has 100 valence electrons. The van der Waals surface area contributed by atoms with Gasteiger partial charge in [-0.2, -0.15) is 0 Å². The van der Waals surface area contributed by atoms with Crippen LogP contribution in [0, 0.1) is 0 Å². The van der Waals surface area contributed by atoms with Gasteiger partial charge in [-0.3, -0.25) is 10.1 Å². The summed E-state index contributed by atoms with van der Waals surface area (Å²) >= 11 is 0. The Balaban J connectivity index is 2.41. The molecule has 0 aromatic heterocycles. The monoisotopic (exact) mass is 241 g/mol. The van der Waals surface area contributed by atoms with E-state index in [0.29, 0.717) is 0 Å². The maximum absolute atomic E-state index is 12.2. The first kappa shape index (κ1) is 14.5. The molecule has 4 heteroatoms.